The maximum atomic E-state index is 9.41. The summed E-state index contributed by atoms with van der Waals surface area (Å²) in [6, 6.07) is 2.30. The number of aryl methyl sites for hydroxylation is 1. The molecule has 0 saturated heterocycles. The van der Waals surface area contributed by atoms with Crippen LogP contribution in [0.3, 0.4) is 0 Å². The van der Waals surface area contributed by atoms with Gasteiger partial charge < -0.3 is 10.6 Å². The fraction of sp³-hybridized carbons (Fsp3) is 0.588. The maximum Gasteiger partial charge on any atom is 0.194 e. The number of nitrogens with two attached hydrogens (primary N) is 1. The van der Waals surface area contributed by atoms with E-state index in [2.05, 4.69) is 36.9 Å². The molecular weight excluding hydrogens is 324 g/mol. The average molecular weight is 349 g/mol. The number of fused-ring (bicyclic) bond motifs is 1. The predicted octanol–water partition coefficient (Wildman–Crippen LogP) is 3.25. The molecule has 0 aliphatic carbocycles. The molecular formula is C17H25ClN6. The van der Waals surface area contributed by atoms with Gasteiger partial charge in [0.2, 0.25) is 0 Å². The highest BCUT2D eigenvalue weighted by Crippen LogP contribution is 2.32. The van der Waals surface area contributed by atoms with Gasteiger partial charge in [-0.3, -0.25) is 4.68 Å². The van der Waals surface area contributed by atoms with Crippen molar-refractivity contribution >= 4 is 23.3 Å². The molecule has 0 saturated carbocycles. The summed E-state index contributed by atoms with van der Waals surface area (Å²) in [6.07, 6.45) is 4.40. The molecule has 0 radical (unpaired) electrons. The third-order valence-electron chi connectivity index (χ3n) is 4.66. The third kappa shape index (κ3) is 3.57. The van der Waals surface area contributed by atoms with Crippen LogP contribution in [-0.4, -0.2) is 33.6 Å². The monoisotopic (exact) mass is 348 g/mol. The van der Waals surface area contributed by atoms with E-state index >= 15 is 0 Å². The Labute approximate surface area is 148 Å². The summed E-state index contributed by atoms with van der Waals surface area (Å²) in [5.41, 5.74) is 6.97. The summed E-state index contributed by atoms with van der Waals surface area (Å²) in [5, 5.41) is 14.5. The van der Waals surface area contributed by atoms with Crippen molar-refractivity contribution < 1.29 is 0 Å². The zero-order chi connectivity index (χ0) is 17.9. The molecule has 24 heavy (non-hydrogen) atoms. The van der Waals surface area contributed by atoms with Gasteiger partial charge in [-0.15, -0.1) is 0 Å². The maximum absolute atomic E-state index is 9.41. The summed E-state index contributed by atoms with van der Waals surface area (Å²) in [7, 11) is 1.91. The zero-order valence-corrected chi connectivity index (χ0v) is 15.5. The minimum Gasteiger partial charge on any atom is -0.403 e. The van der Waals surface area contributed by atoms with Gasteiger partial charge in [0.05, 0.1) is 5.69 Å². The number of nitriles is 1. The molecule has 1 aliphatic rings. The van der Waals surface area contributed by atoms with Crippen molar-refractivity contribution in [1.29, 1.82) is 5.26 Å². The van der Waals surface area contributed by atoms with E-state index < -0.39 is 0 Å². The number of aliphatic imine (C=N–C) groups is 1. The van der Waals surface area contributed by atoms with Crippen LogP contribution in [-0.2, 0) is 13.0 Å². The summed E-state index contributed by atoms with van der Waals surface area (Å²) >= 11 is 6.48. The van der Waals surface area contributed by atoms with Crippen molar-refractivity contribution in [2.45, 2.75) is 52.6 Å². The Kier molecular flexibility index (Phi) is 5.89. The smallest absolute Gasteiger partial charge is 0.194 e. The molecule has 0 fully saturated rings. The Balaban J connectivity index is 2.50. The minimum atomic E-state index is 0.183. The van der Waals surface area contributed by atoms with Crippen LogP contribution in [0.5, 0.6) is 0 Å². The minimum absolute atomic E-state index is 0.183. The molecule has 1 aromatic rings. The molecule has 130 valence electrons. The van der Waals surface area contributed by atoms with E-state index in [1.807, 2.05) is 16.6 Å². The lowest BCUT2D eigenvalue weighted by molar-refractivity contribution is 0.309. The number of amidine groups is 1. The topological polar surface area (TPSA) is 83.2 Å². The van der Waals surface area contributed by atoms with E-state index in [9.17, 15) is 5.26 Å². The highest BCUT2D eigenvalue weighted by Gasteiger charge is 2.23. The molecule has 1 unspecified atom stereocenters. The second-order valence-electron chi connectivity index (χ2n) is 6.49. The lowest BCUT2D eigenvalue weighted by Gasteiger charge is -2.30. The van der Waals surface area contributed by atoms with Crippen molar-refractivity contribution in [2.24, 2.45) is 16.6 Å². The number of aromatic nitrogens is 2. The fourth-order valence-corrected chi connectivity index (χ4v) is 3.01. The Morgan fingerprint density at radius 2 is 2.17 bits per heavy atom. The first-order chi connectivity index (χ1) is 11.4. The van der Waals surface area contributed by atoms with Gasteiger partial charge >= 0.3 is 0 Å². The lowest BCUT2D eigenvalue weighted by atomic mass is 10.0. The van der Waals surface area contributed by atoms with E-state index in [-0.39, 0.29) is 6.04 Å². The molecule has 2 N–H and O–H groups in total. The molecule has 2 rings (SSSR count). The SMILES string of the molecule is CC(C)C(C)N(C)C(=Nc1nn2c(c1Cl)CCCC2)C(C#N)=CN. The first-order valence-corrected chi connectivity index (χ1v) is 8.67. The molecule has 0 spiro atoms. The zero-order valence-electron chi connectivity index (χ0n) is 14.8. The van der Waals surface area contributed by atoms with Crippen LogP contribution in [0, 0.1) is 17.2 Å². The van der Waals surface area contributed by atoms with Crippen molar-refractivity contribution in [2.75, 3.05) is 7.05 Å². The summed E-state index contributed by atoms with van der Waals surface area (Å²) in [5.74, 6) is 1.35. The molecule has 0 amide bonds. The Morgan fingerprint density at radius 1 is 1.46 bits per heavy atom. The van der Waals surface area contributed by atoms with Crippen LogP contribution in [0.25, 0.3) is 0 Å². The van der Waals surface area contributed by atoms with Crippen molar-refractivity contribution in [3.05, 3.63) is 22.5 Å². The van der Waals surface area contributed by atoms with Gasteiger partial charge in [-0.1, -0.05) is 25.4 Å². The fourth-order valence-electron chi connectivity index (χ4n) is 2.74. The third-order valence-corrected chi connectivity index (χ3v) is 5.05. The van der Waals surface area contributed by atoms with Crippen LogP contribution in [0.2, 0.25) is 5.02 Å². The number of nitrogens with zero attached hydrogens (tertiary/aromatic N) is 5. The highest BCUT2D eigenvalue weighted by molar-refractivity contribution is 6.33. The second kappa shape index (κ2) is 7.71. The van der Waals surface area contributed by atoms with Crippen molar-refractivity contribution in [3.8, 4) is 6.07 Å². The second-order valence-corrected chi connectivity index (χ2v) is 6.87. The molecule has 0 aromatic carbocycles. The van der Waals surface area contributed by atoms with Crippen LogP contribution >= 0.6 is 11.6 Å². The Morgan fingerprint density at radius 3 is 2.71 bits per heavy atom. The summed E-state index contributed by atoms with van der Waals surface area (Å²) < 4.78 is 1.92. The van der Waals surface area contributed by atoms with Gasteiger partial charge in [-0.25, -0.2) is 4.99 Å². The number of likely N-dealkylation sites (N-methyl/N-ethyl adjacent to an activating group) is 1. The lowest BCUT2D eigenvalue weighted by Crippen LogP contribution is -2.39. The van der Waals surface area contributed by atoms with Crippen LogP contribution in [0.15, 0.2) is 16.8 Å². The molecule has 2 heterocycles. The van der Waals surface area contributed by atoms with E-state index in [4.69, 9.17) is 17.3 Å². The van der Waals surface area contributed by atoms with Crippen LogP contribution < -0.4 is 5.73 Å². The molecule has 6 nitrogen and oxygen atoms in total. The standard InChI is InChI=1S/C17H25ClN6/c1-11(2)12(3)23(4)17(13(9-19)10-20)21-16-15(18)14-7-5-6-8-24(14)22-16/h9,11-12H,5-8,19H2,1-4H3. The van der Waals surface area contributed by atoms with Gasteiger partial charge in [-0.05, 0) is 32.1 Å². The first-order valence-electron chi connectivity index (χ1n) is 8.29. The first kappa shape index (κ1) is 18.3. The Bertz CT molecular complexity index is 695. The molecule has 0 bridgehead atoms. The van der Waals surface area contributed by atoms with Gasteiger partial charge in [0, 0.05) is 25.8 Å². The summed E-state index contributed by atoms with van der Waals surface area (Å²) in [6.45, 7) is 7.19. The molecule has 1 aliphatic heterocycles. The van der Waals surface area contributed by atoms with E-state index in [0.717, 1.165) is 31.5 Å². The van der Waals surface area contributed by atoms with Gasteiger partial charge in [-0.2, -0.15) is 10.4 Å². The average Bonchev–Trinajstić information content (AvgIpc) is 2.90. The van der Waals surface area contributed by atoms with Crippen LogP contribution in [0.1, 0.15) is 39.3 Å². The van der Waals surface area contributed by atoms with E-state index in [1.165, 1.54) is 6.20 Å². The Hall–Kier alpha value is -2.00. The van der Waals surface area contributed by atoms with Gasteiger partial charge in [0.25, 0.3) is 0 Å². The number of rotatable bonds is 4. The summed E-state index contributed by atoms with van der Waals surface area (Å²) in [4.78, 5) is 6.58. The predicted molar refractivity (Wildman–Crippen MR) is 97.2 cm³/mol. The van der Waals surface area contributed by atoms with Crippen LogP contribution in [0.4, 0.5) is 5.82 Å². The number of halogens is 1. The quantitative estimate of drug-likeness (QED) is 0.514. The van der Waals surface area contributed by atoms with Crippen molar-refractivity contribution in [3.63, 3.8) is 0 Å². The largest absolute Gasteiger partial charge is 0.403 e. The van der Waals surface area contributed by atoms with E-state index in [1.54, 1.807) is 0 Å². The normalized spacial score (nSPS) is 16.7. The number of hydrogen-bond acceptors (Lipinski definition) is 4. The van der Waals surface area contributed by atoms with Gasteiger partial charge in [0.1, 0.15) is 16.7 Å². The van der Waals surface area contributed by atoms with Crippen molar-refractivity contribution in [1.82, 2.24) is 14.7 Å². The molecule has 7 heteroatoms. The number of hydrogen-bond donors (Lipinski definition) is 1. The van der Waals surface area contributed by atoms with E-state index in [0.29, 0.717) is 28.2 Å². The molecule has 1 atom stereocenters. The van der Waals surface area contributed by atoms with Gasteiger partial charge in [0.15, 0.2) is 11.7 Å². The highest BCUT2D eigenvalue weighted by atomic mass is 35.5. The molecule has 1 aromatic heterocycles.